The number of aromatic nitrogens is 3. The number of fused-ring (bicyclic) bond motifs is 1. The normalized spacial score (nSPS) is 19.6. The number of halogens is 2. The average molecular weight is 360 g/mol. The molecule has 1 aromatic heterocycles. The largest absolute Gasteiger partial charge is 0.366 e. The first kappa shape index (κ1) is 15.3. The predicted molar refractivity (Wildman–Crippen MR) is 96.5 cm³/mol. The van der Waals surface area contributed by atoms with Crippen molar-refractivity contribution in [3.05, 3.63) is 69.7 Å². The zero-order valence-electron chi connectivity index (χ0n) is 12.7. The Hall–Kier alpha value is -2.24. The summed E-state index contributed by atoms with van der Waals surface area (Å²) in [6.07, 6.45) is 0.779. The molecule has 4 rings (SSSR count). The van der Waals surface area contributed by atoms with Gasteiger partial charge in [-0.25, -0.2) is 4.68 Å². The van der Waals surface area contributed by atoms with Gasteiger partial charge in [0.25, 0.3) is 0 Å². The molecular weight excluding hydrogens is 345 g/mol. The van der Waals surface area contributed by atoms with Gasteiger partial charge in [-0.2, -0.15) is 4.98 Å². The van der Waals surface area contributed by atoms with Crippen molar-refractivity contribution >= 4 is 35.1 Å². The highest BCUT2D eigenvalue weighted by molar-refractivity contribution is 6.35. The van der Waals surface area contributed by atoms with Crippen molar-refractivity contribution in [2.24, 2.45) is 0 Å². The number of nitrogens with zero attached hydrogens (tertiary/aromatic N) is 3. The van der Waals surface area contributed by atoms with Gasteiger partial charge in [-0.05, 0) is 29.7 Å². The van der Waals surface area contributed by atoms with Crippen molar-refractivity contribution in [1.82, 2.24) is 14.8 Å². The molecule has 0 saturated heterocycles. The van der Waals surface area contributed by atoms with Crippen molar-refractivity contribution in [1.29, 1.82) is 0 Å². The van der Waals surface area contributed by atoms with Gasteiger partial charge in [0.05, 0.1) is 12.1 Å². The monoisotopic (exact) mass is 359 g/mol. The van der Waals surface area contributed by atoms with E-state index in [9.17, 15) is 0 Å². The number of nitrogen functional groups attached to an aromatic ring is 1. The predicted octanol–water partition coefficient (Wildman–Crippen LogP) is 4.31. The van der Waals surface area contributed by atoms with Gasteiger partial charge in [-0.3, -0.25) is 0 Å². The second kappa shape index (κ2) is 6.00. The lowest BCUT2D eigenvalue weighted by Crippen LogP contribution is -2.28. The third-order valence-electron chi connectivity index (χ3n) is 4.23. The SMILES string of the molecule is Nc1nc2n(n1)[C@@H](c1ccc(Cl)cc1Cl)C[C@H](c1ccccc1)N2. The van der Waals surface area contributed by atoms with Crippen LogP contribution in [0.1, 0.15) is 29.6 Å². The minimum atomic E-state index is -0.0685. The molecule has 0 saturated carbocycles. The highest BCUT2D eigenvalue weighted by atomic mass is 35.5. The molecule has 24 heavy (non-hydrogen) atoms. The van der Waals surface area contributed by atoms with Crippen LogP contribution in [0.25, 0.3) is 0 Å². The molecule has 0 spiro atoms. The fourth-order valence-corrected chi connectivity index (χ4v) is 3.66. The lowest BCUT2D eigenvalue weighted by Gasteiger charge is -2.32. The maximum atomic E-state index is 6.43. The molecule has 2 heterocycles. The maximum absolute atomic E-state index is 6.43. The van der Waals surface area contributed by atoms with Crippen molar-refractivity contribution in [2.45, 2.75) is 18.5 Å². The van der Waals surface area contributed by atoms with Crippen LogP contribution in [0.2, 0.25) is 10.0 Å². The van der Waals surface area contributed by atoms with E-state index >= 15 is 0 Å². The van der Waals surface area contributed by atoms with E-state index in [1.54, 1.807) is 10.7 Å². The Kier molecular flexibility index (Phi) is 3.82. The Bertz CT molecular complexity index is 878. The molecule has 5 nitrogen and oxygen atoms in total. The maximum Gasteiger partial charge on any atom is 0.241 e. The van der Waals surface area contributed by atoms with Crippen molar-refractivity contribution < 1.29 is 0 Å². The molecule has 0 unspecified atom stereocenters. The van der Waals surface area contributed by atoms with Gasteiger partial charge in [-0.15, -0.1) is 5.10 Å². The summed E-state index contributed by atoms with van der Waals surface area (Å²) in [5, 5.41) is 8.95. The Morgan fingerprint density at radius 1 is 1.12 bits per heavy atom. The van der Waals surface area contributed by atoms with E-state index in [1.807, 2.05) is 30.3 Å². The zero-order chi connectivity index (χ0) is 16.7. The molecule has 0 amide bonds. The fourth-order valence-electron chi connectivity index (χ4n) is 3.13. The van der Waals surface area contributed by atoms with E-state index in [0.29, 0.717) is 16.0 Å². The Morgan fingerprint density at radius 3 is 2.67 bits per heavy atom. The summed E-state index contributed by atoms with van der Waals surface area (Å²) in [7, 11) is 0. The fraction of sp³-hybridized carbons (Fsp3) is 0.176. The van der Waals surface area contributed by atoms with Gasteiger partial charge >= 0.3 is 0 Å². The van der Waals surface area contributed by atoms with Crippen molar-refractivity contribution in [2.75, 3.05) is 11.1 Å². The van der Waals surface area contributed by atoms with Gasteiger partial charge in [0.2, 0.25) is 11.9 Å². The molecule has 0 aliphatic carbocycles. The van der Waals surface area contributed by atoms with Gasteiger partial charge in [0, 0.05) is 10.0 Å². The number of hydrogen-bond donors (Lipinski definition) is 2. The average Bonchev–Trinajstić information content (AvgIpc) is 2.95. The highest BCUT2D eigenvalue weighted by Gasteiger charge is 2.31. The summed E-state index contributed by atoms with van der Waals surface area (Å²) >= 11 is 12.5. The van der Waals surface area contributed by atoms with E-state index in [0.717, 1.165) is 12.0 Å². The van der Waals surface area contributed by atoms with Crippen LogP contribution in [-0.2, 0) is 0 Å². The third kappa shape index (κ3) is 2.70. The first-order valence-corrected chi connectivity index (χ1v) is 8.36. The van der Waals surface area contributed by atoms with E-state index in [4.69, 9.17) is 28.9 Å². The van der Waals surface area contributed by atoms with E-state index in [-0.39, 0.29) is 18.0 Å². The topological polar surface area (TPSA) is 68.8 Å². The lowest BCUT2D eigenvalue weighted by molar-refractivity contribution is 0.431. The molecule has 122 valence electrons. The van der Waals surface area contributed by atoms with Gasteiger partial charge in [0.1, 0.15) is 0 Å². The molecule has 1 aliphatic heterocycles. The van der Waals surface area contributed by atoms with Crippen molar-refractivity contribution in [3.8, 4) is 0 Å². The molecular formula is C17H15Cl2N5. The minimum absolute atomic E-state index is 0.0685. The Morgan fingerprint density at radius 2 is 1.92 bits per heavy atom. The van der Waals surface area contributed by atoms with Crippen LogP contribution in [0.3, 0.4) is 0 Å². The van der Waals surface area contributed by atoms with Crippen LogP contribution in [0.5, 0.6) is 0 Å². The van der Waals surface area contributed by atoms with Gasteiger partial charge in [0.15, 0.2) is 0 Å². The smallest absolute Gasteiger partial charge is 0.241 e. The molecule has 0 bridgehead atoms. The first-order valence-electron chi connectivity index (χ1n) is 7.60. The zero-order valence-corrected chi connectivity index (χ0v) is 14.2. The Balaban J connectivity index is 1.79. The molecule has 1 aliphatic rings. The summed E-state index contributed by atoms with van der Waals surface area (Å²) in [5.74, 6) is 0.880. The summed E-state index contributed by atoms with van der Waals surface area (Å²) < 4.78 is 1.80. The molecule has 0 radical (unpaired) electrons. The number of nitrogens with one attached hydrogen (secondary N) is 1. The van der Waals surface area contributed by atoms with Crippen LogP contribution < -0.4 is 11.1 Å². The second-order valence-electron chi connectivity index (χ2n) is 5.76. The summed E-state index contributed by atoms with van der Waals surface area (Å²) in [6.45, 7) is 0. The minimum Gasteiger partial charge on any atom is -0.366 e. The van der Waals surface area contributed by atoms with Crippen molar-refractivity contribution in [3.63, 3.8) is 0 Å². The summed E-state index contributed by atoms with van der Waals surface area (Å²) in [5.41, 5.74) is 7.94. The lowest BCUT2D eigenvalue weighted by atomic mass is 9.93. The summed E-state index contributed by atoms with van der Waals surface area (Å²) in [4.78, 5) is 4.30. The van der Waals surface area contributed by atoms with Crippen LogP contribution in [0.4, 0.5) is 11.9 Å². The van der Waals surface area contributed by atoms with Crippen LogP contribution in [0.15, 0.2) is 48.5 Å². The molecule has 7 heteroatoms. The number of nitrogens with two attached hydrogens (primary N) is 1. The van der Waals surface area contributed by atoms with Crippen LogP contribution in [0, 0.1) is 0 Å². The standard InChI is InChI=1S/C17H15Cl2N5/c18-11-6-7-12(13(19)8-11)15-9-14(10-4-2-1-3-5-10)21-17-22-16(20)23-24(15)17/h1-8,14-15H,9H2,(H3,20,21,22,23)/t14-,15-/m1/s1. The van der Waals surface area contributed by atoms with Crippen LogP contribution in [-0.4, -0.2) is 14.8 Å². The third-order valence-corrected chi connectivity index (χ3v) is 4.79. The van der Waals surface area contributed by atoms with E-state index in [1.165, 1.54) is 5.56 Å². The molecule has 3 N–H and O–H groups in total. The quantitative estimate of drug-likeness (QED) is 0.714. The number of hydrogen-bond acceptors (Lipinski definition) is 4. The van der Waals surface area contributed by atoms with Gasteiger partial charge in [-0.1, -0.05) is 59.6 Å². The second-order valence-corrected chi connectivity index (χ2v) is 6.61. The number of rotatable bonds is 2. The summed E-state index contributed by atoms with van der Waals surface area (Å²) in [6, 6.07) is 15.8. The highest BCUT2D eigenvalue weighted by Crippen LogP contribution is 2.40. The number of benzene rings is 2. The molecule has 0 fully saturated rings. The molecule has 2 aromatic carbocycles. The van der Waals surface area contributed by atoms with Gasteiger partial charge < -0.3 is 11.1 Å². The van der Waals surface area contributed by atoms with E-state index < -0.39 is 0 Å². The first-order chi connectivity index (χ1) is 11.6. The Labute approximate surface area is 149 Å². The molecule has 3 aromatic rings. The number of anilines is 2. The van der Waals surface area contributed by atoms with Crippen LogP contribution >= 0.6 is 23.2 Å². The van der Waals surface area contributed by atoms with E-state index in [2.05, 4.69) is 27.5 Å². The molecule has 2 atom stereocenters.